The Morgan fingerprint density at radius 3 is 2.23 bits per heavy atom. The number of carbonyl (C=O) groups is 2. The summed E-state index contributed by atoms with van der Waals surface area (Å²) in [7, 11) is 4.01. The van der Waals surface area contributed by atoms with E-state index in [1.165, 1.54) is 0 Å². The van der Waals surface area contributed by atoms with Crippen LogP contribution in [0.25, 0.3) is 10.9 Å². The second-order valence-corrected chi connectivity index (χ2v) is 8.85. The number of nitrogens with one attached hydrogen (secondary N) is 2. The largest absolute Gasteiger partial charge is 0.490 e. The Kier molecular flexibility index (Phi) is 8.97. The molecule has 0 atom stereocenters. The van der Waals surface area contributed by atoms with E-state index in [9.17, 15) is 18.0 Å². The molecule has 3 aromatic carbocycles. The monoisotopic (exact) mass is 539 g/mol. The molecule has 0 fully saturated rings. The van der Waals surface area contributed by atoms with Gasteiger partial charge in [0.25, 0.3) is 5.91 Å². The molecule has 0 aliphatic heterocycles. The molecule has 0 aliphatic rings. The third-order valence-corrected chi connectivity index (χ3v) is 5.77. The van der Waals surface area contributed by atoms with Gasteiger partial charge in [-0.25, -0.2) is 4.79 Å². The van der Waals surface area contributed by atoms with Gasteiger partial charge in [0.15, 0.2) is 0 Å². The number of fused-ring (bicyclic) bond motifs is 1. The van der Waals surface area contributed by atoms with Crippen LogP contribution in [0.15, 0.2) is 79.0 Å². The van der Waals surface area contributed by atoms with Crippen LogP contribution in [0, 0.1) is 5.41 Å². The Morgan fingerprint density at radius 2 is 1.64 bits per heavy atom. The third kappa shape index (κ3) is 7.60. The Bertz CT molecular complexity index is 1480. The van der Waals surface area contributed by atoms with Crippen molar-refractivity contribution in [2.24, 2.45) is 5.73 Å². The van der Waals surface area contributed by atoms with Crippen LogP contribution in [0.2, 0.25) is 0 Å². The number of aromatic nitrogens is 1. The van der Waals surface area contributed by atoms with E-state index in [1.807, 2.05) is 98.0 Å². The van der Waals surface area contributed by atoms with Crippen LogP contribution in [0.5, 0.6) is 0 Å². The number of rotatable bonds is 7. The van der Waals surface area contributed by atoms with Gasteiger partial charge in [0, 0.05) is 55.5 Å². The second kappa shape index (κ2) is 12.2. The average Bonchev–Trinajstić information content (AvgIpc) is 3.26. The van der Waals surface area contributed by atoms with E-state index in [-0.39, 0.29) is 11.7 Å². The zero-order valence-corrected chi connectivity index (χ0v) is 21.3. The number of para-hydroxylation sites is 1. The SMILES string of the molecule is CN(C)c1ccc(CNC(=O)c2cn(Cc3cccc(C(=N)N)c3)c3ccccc23)cc1.O=C(O)C(F)(F)F. The Morgan fingerprint density at radius 1 is 1.00 bits per heavy atom. The normalized spacial score (nSPS) is 10.9. The molecule has 8 nitrogen and oxygen atoms in total. The maximum Gasteiger partial charge on any atom is 0.490 e. The molecule has 4 aromatic rings. The number of carboxylic acids is 1. The first-order chi connectivity index (χ1) is 18.4. The molecule has 1 heterocycles. The molecule has 39 heavy (non-hydrogen) atoms. The number of nitrogens with two attached hydrogens (primary N) is 1. The highest BCUT2D eigenvalue weighted by molar-refractivity contribution is 6.07. The number of amidine groups is 1. The van der Waals surface area contributed by atoms with E-state index in [2.05, 4.69) is 9.88 Å². The highest BCUT2D eigenvalue weighted by Gasteiger charge is 2.38. The summed E-state index contributed by atoms with van der Waals surface area (Å²) >= 11 is 0. The minimum atomic E-state index is -5.08. The number of anilines is 1. The number of carboxylic acid groups (broad SMARTS) is 1. The molecule has 4 rings (SSSR count). The molecule has 204 valence electrons. The van der Waals surface area contributed by atoms with Crippen molar-refractivity contribution in [3.05, 3.63) is 101 Å². The van der Waals surface area contributed by atoms with Gasteiger partial charge in [-0.05, 0) is 35.4 Å². The average molecular weight is 540 g/mol. The van der Waals surface area contributed by atoms with Crippen LogP contribution in [-0.2, 0) is 17.9 Å². The van der Waals surface area contributed by atoms with Crippen LogP contribution in [0.1, 0.15) is 27.0 Å². The van der Waals surface area contributed by atoms with Crippen LogP contribution >= 0.6 is 0 Å². The minimum Gasteiger partial charge on any atom is -0.475 e. The van der Waals surface area contributed by atoms with Gasteiger partial charge in [0.1, 0.15) is 5.84 Å². The number of nitrogens with zero attached hydrogens (tertiary/aromatic N) is 2. The summed E-state index contributed by atoms with van der Waals surface area (Å²) in [6, 6.07) is 23.7. The topological polar surface area (TPSA) is 124 Å². The first-order valence-electron chi connectivity index (χ1n) is 11.7. The number of amides is 1. The summed E-state index contributed by atoms with van der Waals surface area (Å²) in [5.41, 5.74) is 11.2. The molecule has 11 heteroatoms. The van der Waals surface area contributed by atoms with Crippen LogP contribution in [-0.4, -0.2) is 47.7 Å². The molecular formula is C28H28F3N5O3. The Balaban J connectivity index is 0.000000532. The minimum absolute atomic E-state index is 0.0443. The van der Waals surface area contributed by atoms with Crippen molar-refractivity contribution >= 4 is 34.3 Å². The number of nitrogen functional groups attached to an aromatic ring is 1. The smallest absolute Gasteiger partial charge is 0.475 e. The number of hydrogen-bond acceptors (Lipinski definition) is 4. The molecule has 1 amide bonds. The van der Waals surface area contributed by atoms with Crippen molar-refractivity contribution < 1.29 is 27.9 Å². The summed E-state index contributed by atoms with van der Waals surface area (Å²) < 4.78 is 33.8. The summed E-state index contributed by atoms with van der Waals surface area (Å²) in [5.74, 6) is -2.82. The highest BCUT2D eigenvalue weighted by Crippen LogP contribution is 2.23. The molecule has 5 N–H and O–H groups in total. The number of halogens is 3. The second-order valence-electron chi connectivity index (χ2n) is 8.85. The van der Waals surface area contributed by atoms with E-state index in [0.717, 1.165) is 27.7 Å². The van der Waals surface area contributed by atoms with Crippen molar-refractivity contribution in [2.75, 3.05) is 19.0 Å². The molecule has 0 spiro atoms. The Hall–Kier alpha value is -4.80. The van der Waals surface area contributed by atoms with E-state index in [4.69, 9.17) is 21.0 Å². The van der Waals surface area contributed by atoms with E-state index >= 15 is 0 Å². The first kappa shape index (κ1) is 28.8. The van der Waals surface area contributed by atoms with Gasteiger partial charge < -0.3 is 25.6 Å². The lowest BCUT2D eigenvalue weighted by atomic mass is 10.1. The van der Waals surface area contributed by atoms with Gasteiger partial charge >= 0.3 is 12.1 Å². The number of carbonyl (C=O) groups excluding carboxylic acids is 1. The van der Waals surface area contributed by atoms with Crippen LogP contribution < -0.4 is 16.0 Å². The van der Waals surface area contributed by atoms with Gasteiger partial charge in [-0.2, -0.15) is 13.2 Å². The van der Waals surface area contributed by atoms with Crippen LogP contribution in [0.4, 0.5) is 18.9 Å². The highest BCUT2D eigenvalue weighted by atomic mass is 19.4. The number of hydrogen-bond donors (Lipinski definition) is 4. The van der Waals surface area contributed by atoms with E-state index in [0.29, 0.717) is 24.2 Å². The quantitative estimate of drug-likeness (QED) is 0.202. The van der Waals surface area contributed by atoms with Gasteiger partial charge in [0.2, 0.25) is 0 Å². The number of benzene rings is 3. The Labute approximate surface area is 223 Å². The predicted octanol–water partition coefficient (Wildman–Crippen LogP) is 4.60. The van der Waals surface area contributed by atoms with Gasteiger partial charge in [0.05, 0.1) is 5.56 Å². The zero-order chi connectivity index (χ0) is 28.7. The molecule has 0 unspecified atom stereocenters. The molecule has 0 radical (unpaired) electrons. The zero-order valence-electron chi connectivity index (χ0n) is 21.3. The number of aliphatic carboxylic acids is 1. The van der Waals surface area contributed by atoms with Gasteiger partial charge in [-0.1, -0.05) is 48.5 Å². The predicted molar refractivity (Wildman–Crippen MR) is 144 cm³/mol. The lowest BCUT2D eigenvalue weighted by Gasteiger charge is -2.12. The summed E-state index contributed by atoms with van der Waals surface area (Å²) in [4.78, 5) is 24.0. The fourth-order valence-corrected chi connectivity index (χ4v) is 3.78. The van der Waals surface area contributed by atoms with E-state index in [1.54, 1.807) is 0 Å². The van der Waals surface area contributed by atoms with Crippen molar-refractivity contribution in [1.29, 1.82) is 5.41 Å². The summed E-state index contributed by atoms with van der Waals surface area (Å²) in [6.07, 6.45) is -3.18. The molecular weight excluding hydrogens is 511 g/mol. The van der Waals surface area contributed by atoms with Crippen molar-refractivity contribution in [2.45, 2.75) is 19.3 Å². The van der Waals surface area contributed by atoms with Crippen molar-refractivity contribution in [3.8, 4) is 0 Å². The summed E-state index contributed by atoms with van der Waals surface area (Å²) in [6.45, 7) is 1.05. The molecule has 1 aromatic heterocycles. The van der Waals surface area contributed by atoms with Crippen molar-refractivity contribution in [1.82, 2.24) is 9.88 Å². The standard InChI is InChI=1S/C26H27N5O.C2HF3O2/c1-30(2)21-12-10-18(11-13-21)15-29-26(32)23-17-31(24-9-4-3-8-22(23)24)16-19-6-5-7-20(14-19)25(27)28;3-2(4,5)1(6)7/h3-14,17H,15-16H2,1-2H3,(H3,27,28)(H,29,32);(H,6,7). The van der Waals surface area contributed by atoms with Gasteiger partial charge in [-0.15, -0.1) is 0 Å². The fourth-order valence-electron chi connectivity index (χ4n) is 3.78. The van der Waals surface area contributed by atoms with E-state index < -0.39 is 12.1 Å². The molecule has 0 bridgehead atoms. The fraction of sp³-hybridized carbons (Fsp3) is 0.179. The maximum absolute atomic E-state index is 13.0. The lowest BCUT2D eigenvalue weighted by molar-refractivity contribution is -0.192. The summed E-state index contributed by atoms with van der Waals surface area (Å²) in [5, 5.41) is 18.8. The lowest BCUT2D eigenvalue weighted by Crippen LogP contribution is -2.22. The van der Waals surface area contributed by atoms with Gasteiger partial charge in [-0.3, -0.25) is 10.2 Å². The molecule has 0 saturated carbocycles. The molecule has 0 aliphatic carbocycles. The third-order valence-electron chi connectivity index (χ3n) is 5.77. The van der Waals surface area contributed by atoms with Crippen LogP contribution in [0.3, 0.4) is 0 Å². The molecule has 0 saturated heterocycles. The maximum atomic E-state index is 13.0. The number of alkyl halides is 3. The van der Waals surface area contributed by atoms with Crippen molar-refractivity contribution in [3.63, 3.8) is 0 Å². The first-order valence-corrected chi connectivity index (χ1v) is 11.7.